The maximum Gasteiger partial charge on any atom is 0.339 e. The number of rotatable bonds is 1. The minimum absolute atomic E-state index is 0. The Kier molecular flexibility index (Phi) is 3.30. The van der Waals surface area contributed by atoms with Gasteiger partial charge in [0.15, 0.2) is 0 Å². The van der Waals surface area contributed by atoms with E-state index in [-0.39, 0.29) is 19.3 Å². The van der Waals surface area contributed by atoms with Crippen molar-refractivity contribution >= 4 is 11.9 Å². The lowest BCUT2D eigenvalue weighted by Crippen LogP contribution is -2.34. The number of aliphatic carboxylic acids is 1. The van der Waals surface area contributed by atoms with Crippen molar-refractivity contribution in [3.8, 4) is 0 Å². The van der Waals surface area contributed by atoms with E-state index in [0.717, 1.165) is 5.56 Å². The molecule has 0 atom stereocenters. The Bertz CT molecular complexity index is 518. The van der Waals surface area contributed by atoms with Crippen molar-refractivity contribution < 1.29 is 19.4 Å². The minimum Gasteiger partial charge on any atom is -0.481 e. The average molecular weight is 263 g/mol. The largest absolute Gasteiger partial charge is 0.481 e. The summed E-state index contributed by atoms with van der Waals surface area (Å²) in [4.78, 5) is 26.8. The molecule has 1 N–H and O–H groups in total. The van der Waals surface area contributed by atoms with E-state index < -0.39 is 11.6 Å². The van der Waals surface area contributed by atoms with Crippen LogP contribution in [0.3, 0.4) is 0 Å². The van der Waals surface area contributed by atoms with Crippen LogP contribution in [-0.4, -0.2) is 22.0 Å². The zero-order valence-corrected chi connectivity index (χ0v) is 9.76. The highest BCUT2D eigenvalue weighted by atomic mass is 16.6. The molecule has 1 saturated carbocycles. The molecule has 5 heteroatoms. The van der Waals surface area contributed by atoms with Gasteiger partial charge < -0.3 is 9.84 Å². The molecule has 1 aromatic rings. The van der Waals surface area contributed by atoms with Crippen LogP contribution in [0.4, 0.5) is 0 Å². The highest BCUT2D eigenvalue weighted by Crippen LogP contribution is 2.47. The standard InChI is InChI=1S/C13H13NO4.CH4/c15-11(16)8-1-4-13(5-2-8)10-7-14-6-3-9(10)12(17)18-13;/h3,6-8H,1-2,4-5H2,(H,15,16);1H4. The molecule has 19 heavy (non-hydrogen) atoms. The summed E-state index contributed by atoms with van der Waals surface area (Å²) in [6.45, 7) is 0. The summed E-state index contributed by atoms with van der Waals surface area (Å²) < 4.78 is 5.52. The highest BCUT2D eigenvalue weighted by Gasteiger charge is 2.48. The first-order chi connectivity index (χ1) is 8.62. The van der Waals surface area contributed by atoms with Gasteiger partial charge in [-0.3, -0.25) is 9.78 Å². The fourth-order valence-corrected chi connectivity index (χ4v) is 2.93. The van der Waals surface area contributed by atoms with Crippen LogP contribution < -0.4 is 0 Å². The normalized spacial score (nSPS) is 28.4. The van der Waals surface area contributed by atoms with Crippen LogP contribution in [0.1, 0.15) is 49.0 Å². The van der Waals surface area contributed by atoms with Crippen molar-refractivity contribution in [2.45, 2.75) is 38.7 Å². The second-order valence-corrected chi connectivity index (χ2v) is 4.92. The van der Waals surface area contributed by atoms with Crippen LogP contribution in [0.5, 0.6) is 0 Å². The molecule has 0 amide bonds. The molecule has 2 aliphatic rings. The molecule has 1 spiro atoms. The molecule has 0 bridgehead atoms. The van der Waals surface area contributed by atoms with Gasteiger partial charge in [-0.1, -0.05) is 7.43 Å². The molecule has 1 fully saturated rings. The van der Waals surface area contributed by atoms with Crippen molar-refractivity contribution in [2.75, 3.05) is 0 Å². The molecule has 102 valence electrons. The Hall–Kier alpha value is -1.91. The molecule has 1 aliphatic heterocycles. The number of fused-ring (bicyclic) bond motifs is 2. The molecule has 0 radical (unpaired) electrons. The van der Waals surface area contributed by atoms with E-state index in [2.05, 4.69) is 4.98 Å². The van der Waals surface area contributed by atoms with E-state index in [9.17, 15) is 9.59 Å². The zero-order chi connectivity index (χ0) is 12.8. The number of carboxylic acid groups (broad SMARTS) is 1. The molecular weight excluding hydrogens is 246 g/mol. The van der Waals surface area contributed by atoms with E-state index in [4.69, 9.17) is 9.84 Å². The maximum absolute atomic E-state index is 11.8. The molecule has 3 rings (SSSR count). The number of hydrogen-bond donors (Lipinski definition) is 1. The third-order valence-corrected chi connectivity index (χ3v) is 3.96. The predicted molar refractivity (Wildman–Crippen MR) is 67.7 cm³/mol. The SMILES string of the molecule is C.O=C1OC2(CCC(C(=O)O)CC2)c2cnccc21. The van der Waals surface area contributed by atoms with Crippen LogP contribution in [0.2, 0.25) is 0 Å². The van der Waals surface area contributed by atoms with Crippen LogP contribution in [-0.2, 0) is 15.1 Å². The summed E-state index contributed by atoms with van der Waals surface area (Å²) in [5.74, 6) is -1.41. The van der Waals surface area contributed by atoms with Crippen LogP contribution >= 0.6 is 0 Å². The molecule has 0 unspecified atom stereocenters. The number of pyridine rings is 1. The average Bonchev–Trinajstić information content (AvgIpc) is 2.64. The van der Waals surface area contributed by atoms with E-state index in [0.29, 0.717) is 31.2 Å². The first-order valence-corrected chi connectivity index (χ1v) is 6.03. The van der Waals surface area contributed by atoms with Gasteiger partial charge in [-0.05, 0) is 31.7 Å². The Morgan fingerprint density at radius 3 is 2.74 bits per heavy atom. The number of carboxylic acids is 1. The first kappa shape index (κ1) is 13.5. The smallest absolute Gasteiger partial charge is 0.339 e. The molecule has 0 aromatic carbocycles. The quantitative estimate of drug-likeness (QED) is 0.787. The molecular formula is C14H17NO4. The molecule has 1 aliphatic carbocycles. The Labute approximate surface area is 111 Å². The zero-order valence-electron chi connectivity index (χ0n) is 9.76. The number of nitrogens with zero attached hydrogens (tertiary/aromatic N) is 1. The fourth-order valence-electron chi connectivity index (χ4n) is 2.93. The van der Waals surface area contributed by atoms with E-state index in [1.165, 1.54) is 0 Å². The lowest BCUT2D eigenvalue weighted by atomic mass is 9.75. The Balaban J connectivity index is 0.00000133. The van der Waals surface area contributed by atoms with Gasteiger partial charge in [0.25, 0.3) is 0 Å². The lowest BCUT2D eigenvalue weighted by molar-refractivity contribution is -0.144. The van der Waals surface area contributed by atoms with Crippen molar-refractivity contribution in [3.63, 3.8) is 0 Å². The second-order valence-electron chi connectivity index (χ2n) is 4.92. The Morgan fingerprint density at radius 1 is 1.42 bits per heavy atom. The third-order valence-electron chi connectivity index (χ3n) is 3.96. The molecule has 0 saturated heterocycles. The van der Waals surface area contributed by atoms with Gasteiger partial charge in [0, 0.05) is 18.0 Å². The van der Waals surface area contributed by atoms with Crippen LogP contribution in [0.25, 0.3) is 0 Å². The monoisotopic (exact) mass is 263 g/mol. The summed E-state index contributed by atoms with van der Waals surface area (Å²) in [5, 5.41) is 9.00. The highest BCUT2D eigenvalue weighted by molar-refractivity contribution is 5.94. The Morgan fingerprint density at radius 2 is 2.11 bits per heavy atom. The van der Waals surface area contributed by atoms with Gasteiger partial charge in [-0.2, -0.15) is 0 Å². The third kappa shape index (κ3) is 1.99. The van der Waals surface area contributed by atoms with Gasteiger partial charge >= 0.3 is 11.9 Å². The van der Waals surface area contributed by atoms with Gasteiger partial charge in [-0.25, -0.2) is 4.79 Å². The van der Waals surface area contributed by atoms with E-state index in [1.54, 1.807) is 18.5 Å². The number of hydrogen-bond acceptors (Lipinski definition) is 4. The van der Waals surface area contributed by atoms with Crippen molar-refractivity contribution in [1.29, 1.82) is 0 Å². The lowest BCUT2D eigenvalue weighted by Gasteiger charge is -2.34. The number of esters is 1. The summed E-state index contributed by atoms with van der Waals surface area (Å²) >= 11 is 0. The van der Waals surface area contributed by atoms with Crippen LogP contribution in [0.15, 0.2) is 18.5 Å². The summed E-state index contributed by atoms with van der Waals surface area (Å²) in [6.07, 6.45) is 5.44. The molecule has 5 nitrogen and oxygen atoms in total. The van der Waals surface area contributed by atoms with Crippen LogP contribution in [0, 0.1) is 5.92 Å². The van der Waals surface area contributed by atoms with Crippen molar-refractivity contribution in [1.82, 2.24) is 4.98 Å². The van der Waals surface area contributed by atoms with Gasteiger partial charge in [0.1, 0.15) is 5.60 Å². The van der Waals surface area contributed by atoms with Gasteiger partial charge in [0.2, 0.25) is 0 Å². The number of carbonyl (C=O) groups is 2. The number of ether oxygens (including phenoxy) is 1. The number of aromatic nitrogens is 1. The minimum atomic E-state index is -0.763. The van der Waals surface area contributed by atoms with Gasteiger partial charge in [-0.15, -0.1) is 0 Å². The fraction of sp³-hybridized carbons (Fsp3) is 0.500. The molecule has 2 heterocycles. The van der Waals surface area contributed by atoms with Gasteiger partial charge in [0.05, 0.1) is 11.5 Å². The van der Waals surface area contributed by atoms with Crippen molar-refractivity contribution in [2.24, 2.45) is 5.92 Å². The second kappa shape index (κ2) is 4.64. The summed E-state index contributed by atoms with van der Waals surface area (Å²) in [7, 11) is 0. The van der Waals surface area contributed by atoms with Crippen molar-refractivity contribution in [3.05, 3.63) is 29.6 Å². The maximum atomic E-state index is 11.8. The van der Waals surface area contributed by atoms with E-state index >= 15 is 0 Å². The first-order valence-electron chi connectivity index (χ1n) is 6.03. The number of carbonyl (C=O) groups excluding carboxylic acids is 1. The van der Waals surface area contributed by atoms with E-state index in [1.807, 2.05) is 0 Å². The summed E-state index contributed by atoms with van der Waals surface area (Å²) in [5.41, 5.74) is 0.754. The predicted octanol–water partition coefficient (Wildman–Crippen LogP) is 2.36. The summed E-state index contributed by atoms with van der Waals surface area (Å²) in [6, 6.07) is 1.66. The molecule has 1 aromatic heterocycles. The topological polar surface area (TPSA) is 76.5 Å².